The van der Waals surface area contributed by atoms with Crippen molar-refractivity contribution in [1.82, 2.24) is 19.4 Å². The summed E-state index contributed by atoms with van der Waals surface area (Å²) in [6.07, 6.45) is 4.39. The van der Waals surface area contributed by atoms with E-state index in [0.717, 1.165) is 28.2 Å². The van der Waals surface area contributed by atoms with Gasteiger partial charge in [-0.05, 0) is 99.9 Å². The molecule has 1 unspecified atom stereocenters. The lowest BCUT2D eigenvalue weighted by Gasteiger charge is -2.38. The van der Waals surface area contributed by atoms with Gasteiger partial charge in [0.2, 0.25) is 5.28 Å². The third-order valence-corrected chi connectivity index (χ3v) is 8.37. The Morgan fingerprint density at radius 3 is 2.66 bits per heavy atom. The summed E-state index contributed by atoms with van der Waals surface area (Å²) in [5.41, 5.74) is 0.188. The number of carbonyl (C=O) groups is 1. The first-order chi connectivity index (χ1) is 16.3. The maximum atomic E-state index is 12.8. The molecule has 3 aliphatic rings. The maximum absolute atomic E-state index is 12.8. The Balaban J connectivity index is 1.45. The number of hydrogen-bond acceptors (Lipinski definition) is 6. The lowest BCUT2D eigenvalue weighted by atomic mass is 9.83. The van der Waals surface area contributed by atoms with E-state index in [1.807, 2.05) is 39.5 Å². The zero-order valence-electron chi connectivity index (χ0n) is 20.6. The standard InChI is InChI=1S/C24H31Cl2IN4O4/c1-23(2,3)35-22(32)30-8-6-7-12(10-30)13-9-15(18-17(13)33-24(4,5)34-18)31-11-14(27)16-19(25)28-21(26)29-20(16)31/h11-13,15,17-18H,6-10H2,1-5H3/t12?,13-,15-,17-,18+/m1/s1. The molecule has 1 saturated carbocycles. The molecule has 0 radical (unpaired) electrons. The van der Waals surface area contributed by atoms with Crippen molar-refractivity contribution in [2.45, 2.75) is 83.5 Å². The molecule has 3 fully saturated rings. The van der Waals surface area contributed by atoms with Crippen LogP contribution in [-0.4, -0.2) is 62.2 Å². The Morgan fingerprint density at radius 1 is 1.23 bits per heavy atom. The molecule has 4 heterocycles. The van der Waals surface area contributed by atoms with Gasteiger partial charge in [0.05, 0.1) is 17.5 Å². The van der Waals surface area contributed by atoms with Crippen molar-refractivity contribution in [2.75, 3.05) is 13.1 Å². The fraction of sp³-hybridized carbons (Fsp3) is 0.708. The van der Waals surface area contributed by atoms with Crippen LogP contribution in [0.5, 0.6) is 0 Å². The lowest BCUT2D eigenvalue weighted by Crippen LogP contribution is -2.46. The fourth-order valence-corrected chi connectivity index (χ4v) is 7.30. The molecule has 0 aromatic carbocycles. The summed E-state index contributed by atoms with van der Waals surface area (Å²) in [6, 6.07) is -0.00303. The van der Waals surface area contributed by atoms with Crippen LogP contribution in [0.3, 0.4) is 0 Å². The molecular formula is C24H31Cl2IN4O4. The number of carbonyl (C=O) groups excluding carboxylic acids is 1. The van der Waals surface area contributed by atoms with Crippen molar-refractivity contribution in [1.29, 1.82) is 0 Å². The number of halogens is 3. The van der Waals surface area contributed by atoms with E-state index in [4.69, 9.17) is 37.4 Å². The van der Waals surface area contributed by atoms with Crippen molar-refractivity contribution in [2.24, 2.45) is 11.8 Å². The van der Waals surface area contributed by atoms with E-state index in [2.05, 4.69) is 43.3 Å². The number of nitrogens with zero attached hydrogens (tertiary/aromatic N) is 4. The van der Waals surface area contributed by atoms with Crippen LogP contribution in [0.2, 0.25) is 10.4 Å². The van der Waals surface area contributed by atoms with Crippen LogP contribution in [0.1, 0.15) is 59.9 Å². The number of fused-ring (bicyclic) bond motifs is 2. The molecule has 5 atom stereocenters. The molecule has 35 heavy (non-hydrogen) atoms. The third kappa shape index (κ3) is 5.00. The largest absolute Gasteiger partial charge is 0.444 e. The Kier molecular flexibility index (Phi) is 6.73. The van der Waals surface area contributed by atoms with Crippen LogP contribution in [0.15, 0.2) is 6.20 Å². The average molecular weight is 637 g/mol. The molecule has 0 spiro atoms. The summed E-state index contributed by atoms with van der Waals surface area (Å²) in [4.78, 5) is 23.3. The van der Waals surface area contributed by atoms with Crippen LogP contribution in [0.25, 0.3) is 11.0 Å². The zero-order chi connectivity index (χ0) is 25.3. The number of piperidine rings is 1. The summed E-state index contributed by atoms with van der Waals surface area (Å²) in [5, 5.41) is 1.26. The van der Waals surface area contributed by atoms with Crippen molar-refractivity contribution in [3.63, 3.8) is 0 Å². The number of amides is 1. The second-order valence-corrected chi connectivity index (χ2v) is 13.1. The fourth-order valence-electron chi connectivity index (χ4n) is 5.87. The molecule has 2 aromatic heterocycles. The van der Waals surface area contributed by atoms with Gasteiger partial charge in [0.15, 0.2) is 5.79 Å². The van der Waals surface area contributed by atoms with E-state index in [1.165, 1.54) is 0 Å². The van der Waals surface area contributed by atoms with Gasteiger partial charge in [0, 0.05) is 22.9 Å². The highest BCUT2D eigenvalue weighted by atomic mass is 127. The lowest BCUT2D eigenvalue weighted by molar-refractivity contribution is -0.163. The van der Waals surface area contributed by atoms with E-state index in [0.29, 0.717) is 23.9 Å². The van der Waals surface area contributed by atoms with Crippen LogP contribution in [0, 0.1) is 15.4 Å². The highest BCUT2D eigenvalue weighted by Gasteiger charge is 2.57. The van der Waals surface area contributed by atoms with Gasteiger partial charge in [-0.15, -0.1) is 0 Å². The van der Waals surface area contributed by atoms with E-state index in [1.54, 1.807) is 0 Å². The molecular weight excluding hydrogens is 606 g/mol. The van der Waals surface area contributed by atoms with Gasteiger partial charge in [0.25, 0.3) is 0 Å². The van der Waals surface area contributed by atoms with E-state index < -0.39 is 11.4 Å². The predicted octanol–water partition coefficient (Wildman–Crippen LogP) is 6.07. The molecule has 8 nitrogen and oxygen atoms in total. The van der Waals surface area contributed by atoms with Gasteiger partial charge < -0.3 is 23.7 Å². The molecule has 0 bridgehead atoms. The number of hydrogen-bond donors (Lipinski definition) is 0. The second-order valence-electron chi connectivity index (χ2n) is 11.2. The average Bonchev–Trinajstić information content (AvgIpc) is 3.34. The van der Waals surface area contributed by atoms with Crippen LogP contribution < -0.4 is 0 Å². The molecule has 2 saturated heterocycles. The van der Waals surface area contributed by atoms with E-state index >= 15 is 0 Å². The first-order valence-corrected chi connectivity index (χ1v) is 13.9. The maximum Gasteiger partial charge on any atom is 0.410 e. The molecule has 0 N–H and O–H groups in total. The van der Waals surface area contributed by atoms with Crippen LogP contribution in [0.4, 0.5) is 4.79 Å². The minimum Gasteiger partial charge on any atom is -0.444 e. The smallest absolute Gasteiger partial charge is 0.410 e. The van der Waals surface area contributed by atoms with Crippen molar-refractivity contribution in [3.05, 3.63) is 20.2 Å². The van der Waals surface area contributed by atoms with E-state index in [9.17, 15) is 4.79 Å². The number of ether oxygens (including phenoxy) is 3. The van der Waals surface area contributed by atoms with Crippen molar-refractivity contribution >= 4 is 62.9 Å². The van der Waals surface area contributed by atoms with Gasteiger partial charge in [-0.3, -0.25) is 0 Å². The topological polar surface area (TPSA) is 78.7 Å². The number of aromatic nitrogens is 3. The Hall–Kier alpha value is -0.880. The number of rotatable bonds is 2. The van der Waals surface area contributed by atoms with Crippen molar-refractivity contribution < 1.29 is 19.0 Å². The predicted molar refractivity (Wildman–Crippen MR) is 142 cm³/mol. The Bertz CT molecular complexity index is 1150. The quantitative estimate of drug-likeness (QED) is 0.226. The molecule has 2 aliphatic heterocycles. The van der Waals surface area contributed by atoms with Crippen LogP contribution in [-0.2, 0) is 14.2 Å². The molecule has 192 valence electrons. The summed E-state index contributed by atoms with van der Waals surface area (Å²) in [7, 11) is 0. The molecule has 11 heteroatoms. The highest BCUT2D eigenvalue weighted by Crippen LogP contribution is 2.51. The van der Waals surface area contributed by atoms with Gasteiger partial charge >= 0.3 is 6.09 Å². The molecule has 5 rings (SSSR count). The van der Waals surface area contributed by atoms with Gasteiger partial charge in [0.1, 0.15) is 22.5 Å². The minimum absolute atomic E-state index is 0.00303. The first kappa shape index (κ1) is 25.8. The second kappa shape index (κ2) is 9.15. The Labute approximate surface area is 229 Å². The molecule has 1 aliphatic carbocycles. The first-order valence-electron chi connectivity index (χ1n) is 12.1. The number of likely N-dealkylation sites (tertiary alicyclic amines) is 1. The van der Waals surface area contributed by atoms with Gasteiger partial charge in [-0.25, -0.2) is 9.78 Å². The Morgan fingerprint density at radius 2 is 1.94 bits per heavy atom. The van der Waals surface area contributed by atoms with Crippen LogP contribution >= 0.6 is 45.8 Å². The SMILES string of the molecule is CC(C)(C)OC(=O)N1CCCC([C@H]2C[C@@H](n3cc(I)c4c(Cl)nc(Cl)nc43)[C@@H]3OC(C)(C)O[C@@H]32)C1. The molecule has 2 aromatic rings. The molecule has 1 amide bonds. The summed E-state index contributed by atoms with van der Waals surface area (Å²) in [5.74, 6) is -0.180. The third-order valence-electron chi connectivity index (χ3n) is 7.11. The van der Waals surface area contributed by atoms with Gasteiger partial charge in [-0.1, -0.05) is 11.6 Å². The summed E-state index contributed by atoms with van der Waals surface area (Å²) in [6.45, 7) is 11.0. The summed E-state index contributed by atoms with van der Waals surface area (Å²) < 4.78 is 21.7. The van der Waals surface area contributed by atoms with Crippen molar-refractivity contribution in [3.8, 4) is 0 Å². The minimum atomic E-state index is -0.688. The normalized spacial score (nSPS) is 30.6. The summed E-state index contributed by atoms with van der Waals surface area (Å²) >= 11 is 14.9. The highest BCUT2D eigenvalue weighted by molar-refractivity contribution is 14.1. The van der Waals surface area contributed by atoms with E-state index in [-0.39, 0.29) is 41.5 Å². The van der Waals surface area contributed by atoms with Gasteiger partial charge in [-0.2, -0.15) is 4.98 Å². The monoisotopic (exact) mass is 636 g/mol. The zero-order valence-corrected chi connectivity index (χ0v) is 24.2.